The van der Waals surface area contributed by atoms with Crippen LogP contribution in [0.25, 0.3) is 0 Å². The standard InChI is InChI=1S/C25H42/c1-11-12-22-14-25(9,10)24(21(8)18(22)5)13-23-19(6)16(3)15(2)17(4)20(23)7/h18,21-22,24H,11-14H2,1-10H3. The molecule has 0 heteroatoms. The fourth-order valence-electron chi connectivity index (χ4n) is 5.82. The highest BCUT2D eigenvalue weighted by Crippen LogP contribution is 2.52. The zero-order valence-corrected chi connectivity index (χ0v) is 18.6. The van der Waals surface area contributed by atoms with Gasteiger partial charge in [-0.1, -0.05) is 47.5 Å². The maximum Gasteiger partial charge on any atom is -0.0237 e. The summed E-state index contributed by atoms with van der Waals surface area (Å²) >= 11 is 0. The molecule has 1 fully saturated rings. The Morgan fingerprint density at radius 3 is 1.76 bits per heavy atom. The van der Waals surface area contributed by atoms with E-state index in [4.69, 9.17) is 0 Å². The maximum atomic E-state index is 2.54. The van der Waals surface area contributed by atoms with Crippen LogP contribution in [-0.4, -0.2) is 0 Å². The van der Waals surface area contributed by atoms with Crippen molar-refractivity contribution in [2.24, 2.45) is 29.1 Å². The summed E-state index contributed by atoms with van der Waals surface area (Å²) in [7, 11) is 0. The van der Waals surface area contributed by atoms with Crippen molar-refractivity contribution in [3.63, 3.8) is 0 Å². The van der Waals surface area contributed by atoms with Gasteiger partial charge in [-0.15, -0.1) is 0 Å². The molecule has 142 valence electrons. The van der Waals surface area contributed by atoms with Crippen molar-refractivity contribution in [1.82, 2.24) is 0 Å². The highest BCUT2D eigenvalue weighted by Gasteiger charge is 2.44. The van der Waals surface area contributed by atoms with Gasteiger partial charge in [-0.05, 0) is 110 Å². The molecule has 0 bridgehead atoms. The van der Waals surface area contributed by atoms with Gasteiger partial charge in [0, 0.05) is 0 Å². The minimum Gasteiger partial charge on any atom is -0.0654 e. The molecule has 0 amide bonds. The SMILES string of the molecule is CCCC1CC(C)(C)C(Cc2c(C)c(C)c(C)c(C)c2C)C(C)C1C. The average Bonchev–Trinajstić information content (AvgIpc) is 2.55. The van der Waals surface area contributed by atoms with Crippen molar-refractivity contribution < 1.29 is 0 Å². The number of hydrogen-bond acceptors (Lipinski definition) is 0. The van der Waals surface area contributed by atoms with Gasteiger partial charge in [0.15, 0.2) is 0 Å². The van der Waals surface area contributed by atoms with Gasteiger partial charge in [-0.3, -0.25) is 0 Å². The van der Waals surface area contributed by atoms with Crippen LogP contribution < -0.4 is 0 Å². The minimum absolute atomic E-state index is 0.442. The number of rotatable bonds is 4. The van der Waals surface area contributed by atoms with E-state index in [1.165, 1.54) is 42.4 Å². The van der Waals surface area contributed by atoms with Crippen LogP contribution in [0.15, 0.2) is 0 Å². The third-order valence-corrected chi connectivity index (χ3v) is 8.24. The second-order valence-electron chi connectivity index (χ2n) is 9.87. The average molecular weight is 343 g/mol. The summed E-state index contributed by atoms with van der Waals surface area (Å²) in [4.78, 5) is 0. The van der Waals surface area contributed by atoms with Crippen LogP contribution in [-0.2, 0) is 6.42 Å². The van der Waals surface area contributed by atoms with Gasteiger partial charge in [-0.2, -0.15) is 0 Å². The molecule has 4 unspecified atom stereocenters. The van der Waals surface area contributed by atoms with E-state index in [0.29, 0.717) is 5.41 Å². The predicted molar refractivity (Wildman–Crippen MR) is 112 cm³/mol. The molecule has 0 aromatic heterocycles. The van der Waals surface area contributed by atoms with Crippen LogP contribution >= 0.6 is 0 Å². The maximum absolute atomic E-state index is 2.54. The molecule has 1 aliphatic rings. The van der Waals surface area contributed by atoms with Crippen molar-refractivity contribution in [3.8, 4) is 0 Å². The largest absolute Gasteiger partial charge is 0.0654 e. The minimum atomic E-state index is 0.442. The molecular formula is C25H42. The fraction of sp³-hybridized carbons (Fsp3) is 0.760. The first-order valence-electron chi connectivity index (χ1n) is 10.6. The van der Waals surface area contributed by atoms with Crippen LogP contribution in [0.5, 0.6) is 0 Å². The smallest absolute Gasteiger partial charge is 0.0237 e. The second-order valence-corrected chi connectivity index (χ2v) is 9.87. The van der Waals surface area contributed by atoms with Gasteiger partial charge in [0.2, 0.25) is 0 Å². The molecule has 0 N–H and O–H groups in total. The van der Waals surface area contributed by atoms with Gasteiger partial charge >= 0.3 is 0 Å². The van der Waals surface area contributed by atoms with E-state index in [1.807, 2.05) is 0 Å². The van der Waals surface area contributed by atoms with E-state index in [0.717, 1.165) is 23.7 Å². The zero-order valence-electron chi connectivity index (χ0n) is 18.6. The Morgan fingerprint density at radius 2 is 1.28 bits per heavy atom. The zero-order chi connectivity index (χ0) is 19.1. The van der Waals surface area contributed by atoms with Crippen LogP contribution in [0.4, 0.5) is 0 Å². The molecule has 1 aliphatic carbocycles. The van der Waals surface area contributed by atoms with Crippen LogP contribution in [0.3, 0.4) is 0 Å². The Kier molecular flexibility index (Phi) is 6.12. The highest BCUT2D eigenvalue weighted by molar-refractivity contribution is 5.49. The van der Waals surface area contributed by atoms with E-state index in [-0.39, 0.29) is 0 Å². The predicted octanol–water partition coefficient (Wildman–Crippen LogP) is 7.51. The van der Waals surface area contributed by atoms with Crippen LogP contribution in [0, 0.1) is 63.7 Å². The van der Waals surface area contributed by atoms with E-state index in [9.17, 15) is 0 Å². The van der Waals surface area contributed by atoms with Crippen molar-refractivity contribution in [3.05, 3.63) is 33.4 Å². The van der Waals surface area contributed by atoms with Crippen molar-refractivity contribution in [1.29, 1.82) is 0 Å². The Labute approximate surface area is 157 Å². The molecule has 0 aliphatic heterocycles. The van der Waals surface area contributed by atoms with E-state index >= 15 is 0 Å². The molecule has 1 aromatic carbocycles. The molecule has 1 aromatic rings. The Morgan fingerprint density at radius 1 is 0.800 bits per heavy atom. The molecule has 0 saturated heterocycles. The lowest BCUT2D eigenvalue weighted by molar-refractivity contribution is -0.00350. The van der Waals surface area contributed by atoms with Crippen molar-refractivity contribution in [2.45, 2.75) is 94.9 Å². The normalized spacial score (nSPS) is 29.0. The third kappa shape index (κ3) is 3.69. The van der Waals surface area contributed by atoms with Gasteiger partial charge in [-0.25, -0.2) is 0 Å². The number of hydrogen-bond donors (Lipinski definition) is 0. The molecule has 4 atom stereocenters. The summed E-state index contributed by atoms with van der Waals surface area (Å²) in [5.41, 5.74) is 9.70. The Bertz CT molecular complexity index is 590. The topological polar surface area (TPSA) is 0 Å². The van der Waals surface area contributed by atoms with E-state index < -0.39 is 0 Å². The summed E-state index contributed by atoms with van der Waals surface area (Å²) in [5.74, 6) is 3.36. The van der Waals surface area contributed by atoms with Gasteiger partial charge in [0.05, 0.1) is 0 Å². The summed E-state index contributed by atoms with van der Waals surface area (Å²) < 4.78 is 0. The lowest BCUT2D eigenvalue weighted by Crippen LogP contribution is -2.43. The van der Waals surface area contributed by atoms with Crippen molar-refractivity contribution >= 4 is 0 Å². The Hall–Kier alpha value is -0.780. The molecular weight excluding hydrogens is 300 g/mol. The van der Waals surface area contributed by atoms with Crippen LogP contribution in [0.1, 0.15) is 87.3 Å². The Balaban J connectivity index is 2.40. The van der Waals surface area contributed by atoms with Crippen LogP contribution in [0.2, 0.25) is 0 Å². The molecule has 1 saturated carbocycles. The molecule has 0 radical (unpaired) electrons. The summed E-state index contributed by atoms with van der Waals surface area (Å²) in [5, 5.41) is 0. The summed E-state index contributed by atoms with van der Waals surface area (Å²) in [6.45, 7) is 24.1. The molecule has 2 rings (SSSR count). The lowest BCUT2D eigenvalue weighted by atomic mass is 9.54. The first-order chi connectivity index (χ1) is 11.5. The van der Waals surface area contributed by atoms with E-state index in [1.54, 1.807) is 16.7 Å². The van der Waals surface area contributed by atoms with Gasteiger partial charge < -0.3 is 0 Å². The quantitative estimate of drug-likeness (QED) is 0.531. The summed E-state index contributed by atoms with van der Waals surface area (Å²) in [6.07, 6.45) is 5.40. The first kappa shape index (κ1) is 20.5. The molecule has 0 spiro atoms. The molecule has 25 heavy (non-hydrogen) atoms. The first-order valence-corrected chi connectivity index (χ1v) is 10.6. The third-order valence-electron chi connectivity index (χ3n) is 8.24. The second kappa shape index (κ2) is 7.45. The highest BCUT2D eigenvalue weighted by atomic mass is 14.5. The van der Waals surface area contributed by atoms with Gasteiger partial charge in [0.1, 0.15) is 0 Å². The van der Waals surface area contributed by atoms with Crippen molar-refractivity contribution in [2.75, 3.05) is 0 Å². The molecule has 0 heterocycles. The number of benzene rings is 1. The lowest BCUT2D eigenvalue weighted by Gasteiger charge is -2.51. The fourth-order valence-corrected chi connectivity index (χ4v) is 5.82. The van der Waals surface area contributed by atoms with Gasteiger partial charge in [0.25, 0.3) is 0 Å². The monoisotopic (exact) mass is 342 g/mol. The van der Waals surface area contributed by atoms with E-state index in [2.05, 4.69) is 69.2 Å². The summed E-state index contributed by atoms with van der Waals surface area (Å²) in [6, 6.07) is 0. The molecule has 0 nitrogen and oxygen atoms in total.